The van der Waals surface area contributed by atoms with Gasteiger partial charge in [0.25, 0.3) is 5.24 Å². The zero-order valence-electron chi connectivity index (χ0n) is 9.29. The van der Waals surface area contributed by atoms with Crippen LogP contribution in [0.4, 0.5) is 0 Å². The molecule has 0 aliphatic rings. The summed E-state index contributed by atoms with van der Waals surface area (Å²) in [6.07, 6.45) is 6.52. The monoisotopic (exact) mass is 228 g/mol. The van der Waals surface area contributed by atoms with Crippen LogP contribution in [0, 0.1) is 6.92 Å². The molecular formula is C11H17ClN2O. The maximum absolute atomic E-state index is 11.0. The first kappa shape index (κ1) is 12.2. The minimum absolute atomic E-state index is 0.424. The van der Waals surface area contributed by atoms with Crippen LogP contribution in [0.25, 0.3) is 0 Å². The molecule has 0 atom stereocenters. The van der Waals surface area contributed by atoms with Crippen LogP contribution < -0.4 is 0 Å². The number of hydrogen-bond acceptors (Lipinski definition) is 2. The van der Waals surface area contributed by atoms with Crippen LogP contribution in [0.1, 0.15) is 48.7 Å². The van der Waals surface area contributed by atoms with Crippen molar-refractivity contribution in [3.05, 3.63) is 17.5 Å². The average Bonchev–Trinajstić information content (AvgIpc) is 2.55. The summed E-state index contributed by atoms with van der Waals surface area (Å²) in [7, 11) is 0. The van der Waals surface area contributed by atoms with E-state index in [1.165, 1.54) is 19.3 Å². The molecule has 0 aliphatic heterocycles. The van der Waals surface area contributed by atoms with Gasteiger partial charge in [0.2, 0.25) is 0 Å². The molecule has 0 unspecified atom stereocenters. The zero-order valence-corrected chi connectivity index (χ0v) is 10.0. The van der Waals surface area contributed by atoms with Crippen molar-refractivity contribution in [1.29, 1.82) is 0 Å². The van der Waals surface area contributed by atoms with E-state index < -0.39 is 5.24 Å². The van der Waals surface area contributed by atoms with Crippen LogP contribution in [0.15, 0.2) is 6.20 Å². The second-order valence-corrected chi connectivity index (χ2v) is 4.07. The second kappa shape index (κ2) is 5.91. The van der Waals surface area contributed by atoms with Crippen molar-refractivity contribution in [1.82, 2.24) is 9.78 Å². The molecular weight excluding hydrogens is 212 g/mol. The third-order valence-corrected chi connectivity index (χ3v) is 2.60. The number of nitrogens with zero attached hydrogens (tertiary/aromatic N) is 2. The Bertz CT molecular complexity index is 333. The van der Waals surface area contributed by atoms with E-state index in [4.69, 9.17) is 11.6 Å². The number of aromatic nitrogens is 2. The summed E-state index contributed by atoms with van der Waals surface area (Å²) in [5.41, 5.74) is 1.23. The molecule has 0 N–H and O–H groups in total. The Morgan fingerprint density at radius 2 is 2.20 bits per heavy atom. The third kappa shape index (κ3) is 3.67. The first-order valence-corrected chi connectivity index (χ1v) is 5.76. The van der Waals surface area contributed by atoms with Gasteiger partial charge in [-0.3, -0.25) is 9.48 Å². The van der Waals surface area contributed by atoms with Gasteiger partial charge in [-0.05, 0) is 24.9 Å². The van der Waals surface area contributed by atoms with Gasteiger partial charge >= 0.3 is 0 Å². The van der Waals surface area contributed by atoms with Gasteiger partial charge in [-0.1, -0.05) is 26.2 Å². The first-order valence-electron chi connectivity index (χ1n) is 5.39. The summed E-state index contributed by atoms with van der Waals surface area (Å²) in [6, 6.07) is 0. The van der Waals surface area contributed by atoms with Gasteiger partial charge in [0.1, 0.15) is 0 Å². The van der Waals surface area contributed by atoms with E-state index in [-0.39, 0.29) is 0 Å². The molecule has 1 rings (SSSR count). The second-order valence-electron chi connectivity index (χ2n) is 3.73. The molecule has 1 aromatic rings. The molecule has 0 aromatic carbocycles. The lowest BCUT2D eigenvalue weighted by molar-refractivity contribution is 0.108. The summed E-state index contributed by atoms with van der Waals surface area (Å²) in [5.74, 6) is 0. The van der Waals surface area contributed by atoms with Crippen molar-refractivity contribution in [2.75, 3.05) is 0 Å². The molecule has 0 saturated heterocycles. The lowest BCUT2D eigenvalue weighted by atomic mass is 10.2. The van der Waals surface area contributed by atoms with E-state index in [1.807, 2.05) is 0 Å². The van der Waals surface area contributed by atoms with Crippen molar-refractivity contribution in [2.24, 2.45) is 0 Å². The molecule has 0 fully saturated rings. The highest BCUT2D eigenvalue weighted by atomic mass is 35.5. The smallest absolute Gasteiger partial charge is 0.255 e. The van der Waals surface area contributed by atoms with E-state index in [1.54, 1.807) is 17.8 Å². The first-order chi connectivity index (χ1) is 7.15. The summed E-state index contributed by atoms with van der Waals surface area (Å²) in [6.45, 7) is 4.85. The Morgan fingerprint density at radius 1 is 1.47 bits per heavy atom. The molecule has 0 saturated carbocycles. The van der Waals surface area contributed by atoms with Crippen LogP contribution in [0.5, 0.6) is 0 Å². The number of carbonyl (C=O) groups is 1. The molecule has 0 aliphatic carbocycles. The van der Waals surface area contributed by atoms with Crippen LogP contribution in [0.3, 0.4) is 0 Å². The van der Waals surface area contributed by atoms with Crippen molar-refractivity contribution >= 4 is 16.8 Å². The Morgan fingerprint density at radius 3 is 2.73 bits per heavy atom. The Balaban J connectivity index is 2.48. The van der Waals surface area contributed by atoms with E-state index in [0.29, 0.717) is 11.3 Å². The summed E-state index contributed by atoms with van der Waals surface area (Å²) in [5, 5.41) is 3.82. The molecule has 0 radical (unpaired) electrons. The molecule has 1 aromatic heterocycles. The quantitative estimate of drug-likeness (QED) is 0.554. The summed E-state index contributed by atoms with van der Waals surface area (Å²) >= 11 is 5.41. The largest absolute Gasteiger partial charge is 0.275 e. The van der Waals surface area contributed by atoms with Crippen molar-refractivity contribution < 1.29 is 4.79 Å². The molecule has 0 bridgehead atoms. The SMILES string of the molecule is CCCCCCn1cc(C(=O)Cl)c(C)n1. The lowest BCUT2D eigenvalue weighted by Gasteiger charge is -1.99. The van der Waals surface area contributed by atoms with Gasteiger partial charge in [0.05, 0.1) is 11.3 Å². The molecule has 15 heavy (non-hydrogen) atoms. The highest BCUT2D eigenvalue weighted by Crippen LogP contribution is 2.10. The minimum atomic E-state index is -0.424. The molecule has 4 heteroatoms. The molecule has 3 nitrogen and oxygen atoms in total. The van der Waals surface area contributed by atoms with E-state index in [2.05, 4.69) is 12.0 Å². The maximum atomic E-state index is 11.0. The van der Waals surface area contributed by atoms with Crippen molar-refractivity contribution in [3.63, 3.8) is 0 Å². The predicted octanol–water partition coefficient (Wildman–Crippen LogP) is 3.15. The molecule has 84 valence electrons. The Labute approximate surface area is 95.4 Å². The third-order valence-electron chi connectivity index (χ3n) is 2.40. The van der Waals surface area contributed by atoms with Crippen molar-refractivity contribution in [2.45, 2.75) is 46.1 Å². The number of hydrogen-bond donors (Lipinski definition) is 0. The van der Waals surface area contributed by atoms with Crippen LogP contribution in [-0.2, 0) is 6.54 Å². The number of carbonyl (C=O) groups excluding carboxylic acids is 1. The van der Waals surface area contributed by atoms with Crippen LogP contribution in [-0.4, -0.2) is 15.0 Å². The zero-order chi connectivity index (χ0) is 11.3. The van der Waals surface area contributed by atoms with Gasteiger partial charge in [-0.15, -0.1) is 0 Å². The average molecular weight is 229 g/mol. The molecule has 0 spiro atoms. The number of aryl methyl sites for hydroxylation is 2. The highest BCUT2D eigenvalue weighted by Gasteiger charge is 2.10. The van der Waals surface area contributed by atoms with Crippen molar-refractivity contribution in [3.8, 4) is 0 Å². The van der Waals surface area contributed by atoms with Crippen LogP contribution >= 0.6 is 11.6 Å². The van der Waals surface area contributed by atoms with Crippen LogP contribution in [0.2, 0.25) is 0 Å². The minimum Gasteiger partial charge on any atom is -0.275 e. The fraction of sp³-hybridized carbons (Fsp3) is 0.636. The standard InChI is InChI=1S/C11H17ClN2O/c1-3-4-5-6-7-14-8-10(11(12)15)9(2)13-14/h8H,3-7H2,1-2H3. The number of rotatable bonds is 6. The Kier molecular flexibility index (Phi) is 4.82. The highest BCUT2D eigenvalue weighted by molar-refractivity contribution is 6.67. The summed E-state index contributed by atoms with van der Waals surface area (Å²) in [4.78, 5) is 11.0. The van der Waals surface area contributed by atoms with Gasteiger partial charge in [-0.2, -0.15) is 5.10 Å². The van der Waals surface area contributed by atoms with E-state index >= 15 is 0 Å². The predicted molar refractivity (Wildman–Crippen MR) is 61.3 cm³/mol. The van der Waals surface area contributed by atoms with Gasteiger partial charge in [-0.25, -0.2) is 0 Å². The normalized spacial score (nSPS) is 10.6. The fourth-order valence-electron chi connectivity index (χ4n) is 1.53. The topological polar surface area (TPSA) is 34.9 Å². The van der Waals surface area contributed by atoms with Gasteiger partial charge in [0.15, 0.2) is 0 Å². The maximum Gasteiger partial charge on any atom is 0.255 e. The Hall–Kier alpha value is -0.830. The molecule has 1 heterocycles. The van der Waals surface area contributed by atoms with Gasteiger partial charge < -0.3 is 0 Å². The summed E-state index contributed by atoms with van der Waals surface area (Å²) < 4.78 is 1.81. The van der Waals surface area contributed by atoms with E-state index in [0.717, 1.165) is 13.0 Å². The number of unbranched alkanes of at least 4 members (excludes halogenated alkanes) is 3. The fourth-order valence-corrected chi connectivity index (χ4v) is 1.71. The molecule has 0 amide bonds. The number of halogens is 1. The van der Waals surface area contributed by atoms with Gasteiger partial charge in [0, 0.05) is 12.7 Å². The lowest BCUT2D eigenvalue weighted by Crippen LogP contribution is -1.98. The van der Waals surface area contributed by atoms with E-state index in [9.17, 15) is 4.79 Å².